The molecule has 2 aromatic rings. The van der Waals surface area contributed by atoms with Crippen LogP contribution >= 0.6 is 0 Å². The third-order valence-corrected chi connectivity index (χ3v) is 2.52. The van der Waals surface area contributed by atoms with Gasteiger partial charge in [-0.1, -0.05) is 12.1 Å². The summed E-state index contributed by atoms with van der Waals surface area (Å²) in [5.74, 6) is -1.03. The molecule has 1 aromatic heterocycles. The zero-order valence-electron chi connectivity index (χ0n) is 9.91. The Bertz CT molecular complexity index is 744. The van der Waals surface area contributed by atoms with Crippen molar-refractivity contribution in [2.24, 2.45) is 0 Å². The predicted molar refractivity (Wildman–Crippen MR) is 66.2 cm³/mol. The highest BCUT2D eigenvalue weighted by Crippen LogP contribution is 2.20. The molecule has 98 valence electrons. The van der Waals surface area contributed by atoms with E-state index in [1.54, 1.807) is 24.3 Å². The summed E-state index contributed by atoms with van der Waals surface area (Å²) in [5, 5.41) is 8.89. The number of aromatic nitrogens is 2. The number of hydrogen-bond donors (Lipinski definition) is 2. The number of methoxy groups -OCH3 is 1. The van der Waals surface area contributed by atoms with Gasteiger partial charge in [-0.05, 0) is 12.1 Å². The van der Waals surface area contributed by atoms with Gasteiger partial charge in [0.1, 0.15) is 11.3 Å². The van der Waals surface area contributed by atoms with Gasteiger partial charge >= 0.3 is 11.7 Å². The molecular formula is C12H10N2O5. The van der Waals surface area contributed by atoms with Crippen LogP contribution in [0.4, 0.5) is 0 Å². The lowest BCUT2D eigenvalue weighted by molar-refractivity contribution is 0.0694. The van der Waals surface area contributed by atoms with Crippen LogP contribution in [0.1, 0.15) is 10.4 Å². The summed E-state index contributed by atoms with van der Waals surface area (Å²) in [4.78, 5) is 35.9. The number of para-hydroxylation sites is 2. The highest BCUT2D eigenvalue weighted by molar-refractivity contribution is 5.86. The molecule has 0 saturated heterocycles. The molecule has 0 atom stereocenters. The number of carboxylic acid groups (broad SMARTS) is 1. The largest absolute Gasteiger partial charge is 0.495 e. The Hall–Kier alpha value is -2.83. The van der Waals surface area contributed by atoms with Crippen molar-refractivity contribution in [3.8, 4) is 11.4 Å². The van der Waals surface area contributed by atoms with E-state index in [1.165, 1.54) is 7.11 Å². The van der Waals surface area contributed by atoms with Gasteiger partial charge in [0.2, 0.25) is 0 Å². The molecular weight excluding hydrogens is 252 g/mol. The molecule has 2 N–H and O–H groups in total. The number of carboxylic acids is 1. The number of nitrogens with zero attached hydrogens (tertiary/aromatic N) is 1. The van der Waals surface area contributed by atoms with Gasteiger partial charge in [0.15, 0.2) is 0 Å². The summed E-state index contributed by atoms with van der Waals surface area (Å²) >= 11 is 0. The van der Waals surface area contributed by atoms with Crippen molar-refractivity contribution in [3.63, 3.8) is 0 Å². The lowest BCUT2D eigenvalue weighted by atomic mass is 10.2. The first-order valence-corrected chi connectivity index (χ1v) is 5.27. The minimum atomic E-state index is -1.41. The smallest absolute Gasteiger partial charge is 0.342 e. The fraction of sp³-hybridized carbons (Fsp3) is 0.0833. The first kappa shape index (κ1) is 12.6. The summed E-state index contributed by atoms with van der Waals surface area (Å²) in [6.07, 6.45) is 0.974. The van der Waals surface area contributed by atoms with Gasteiger partial charge in [-0.15, -0.1) is 0 Å². The van der Waals surface area contributed by atoms with Crippen LogP contribution in [0.15, 0.2) is 40.1 Å². The third-order valence-electron chi connectivity index (χ3n) is 2.52. The van der Waals surface area contributed by atoms with E-state index in [-0.39, 0.29) is 0 Å². The number of ether oxygens (including phenoxy) is 1. The maximum atomic E-state index is 11.7. The van der Waals surface area contributed by atoms with Crippen molar-refractivity contribution in [1.29, 1.82) is 0 Å². The monoisotopic (exact) mass is 262 g/mol. The van der Waals surface area contributed by atoms with Gasteiger partial charge in [0.25, 0.3) is 5.56 Å². The number of benzene rings is 1. The van der Waals surface area contributed by atoms with Gasteiger partial charge in [0, 0.05) is 6.20 Å². The third kappa shape index (κ3) is 2.25. The second-order valence-corrected chi connectivity index (χ2v) is 3.65. The molecule has 0 aliphatic carbocycles. The van der Waals surface area contributed by atoms with Gasteiger partial charge in [-0.25, -0.2) is 9.59 Å². The second-order valence-electron chi connectivity index (χ2n) is 3.65. The molecule has 19 heavy (non-hydrogen) atoms. The topological polar surface area (TPSA) is 101 Å². The molecule has 0 aliphatic rings. The van der Waals surface area contributed by atoms with Crippen molar-refractivity contribution in [1.82, 2.24) is 9.55 Å². The molecule has 7 heteroatoms. The molecule has 0 fully saturated rings. The van der Waals surface area contributed by atoms with E-state index in [1.807, 2.05) is 4.98 Å². The lowest BCUT2D eigenvalue weighted by Gasteiger charge is -2.10. The van der Waals surface area contributed by atoms with Crippen molar-refractivity contribution < 1.29 is 14.6 Å². The maximum Gasteiger partial charge on any atom is 0.342 e. The summed E-state index contributed by atoms with van der Waals surface area (Å²) in [7, 11) is 1.42. The summed E-state index contributed by atoms with van der Waals surface area (Å²) in [5.41, 5.74) is -1.86. The van der Waals surface area contributed by atoms with E-state index >= 15 is 0 Å². The Morgan fingerprint density at radius 1 is 1.32 bits per heavy atom. The number of H-pyrrole nitrogens is 1. The molecule has 0 radical (unpaired) electrons. The van der Waals surface area contributed by atoms with E-state index < -0.39 is 22.8 Å². The fourth-order valence-electron chi connectivity index (χ4n) is 1.63. The Labute approximate surface area is 106 Å². The predicted octanol–water partition coefficient (Wildman–Crippen LogP) is 0.233. The van der Waals surface area contributed by atoms with Crippen LogP contribution in [-0.4, -0.2) is 27.7 Å². The van der Waals surface area contributed by atoms with Crippen LogP contribution in [0.25, 0.3) is 5.69 Å². The van der Waals surface area contributed by atoms with E-state index in [2.05, 4.69) is 0 Å². The normalized spacial score (nSPS) is 10.2. The van der Waals surface area contributed by atoms with Gasteiger partial charge in [-0.3, -0.25) is 14.3 Å². The van der Waals surface area contributed by atoms with E-state index in [0.717, 1.165) is 10.8 Å². The molecule has 0 unspecified atom stereocenters. The molecule has 0 spiro atoms. The van der Waals surface area contributed by atoms with Crippen LogP contribution in [0.5, 0.6) is 5.75 Å². The average Bonchev–Trinajstić information content (AvgIpc) is 2.38. The average molecular weight is 262 g/mol. The van der Waals surface area contributed by atoms with E-state index in [9.17, 15) is 14.4 Å². The maximum absolute atomic E-state index is 11.7. The summed E-state index contributed by atoms with van der Waals surface area (Å²) in [6.45, 7) is 0. The highest BCUT2D eigenvalue weighted by atomic mass is 16.5. The van der Waals surface area contributed by atoms with Crippen molar-refractivity contribution in [2.45, 2.75) is 0 Å². The van der Waals surface area contributed by atoms with Gasteiger partial charge in [0.05, 0.1) is 12.8 Å². The van der Waals surface area contributed by atoms with Crippen molar-refractivity contribution >= 4 is 5.97 Å². The van der Waals surface area contributed by atoms with Crippen molar-refractivity contribution in [3.05, 3.63) is 56.9 Å². The van der Waals surface area contributed by atoms with Crippen molar-refractivity contribution in [2.75, 3.05) is 7.11 Å². The molecule has 0 amide bonds. The quantitative estimate of drug-likeness (QED) is 0.824. The molecule has 0 aliphatic heterocycles. The molecule has 0 bridgehead atoms. The number of carbonyl (C=O) groups is 1. The molecule has 2 rings (SSSR count). The summed E-state index contributed by atoms with van der Waals surface area (Å²) < 4.78 is 6.10. The minimum Gasteiger partial charge on any atom is -0.495 e. The number of aromatic carboxylic acids is 1. The van der Waals surface area contributed by atoms with Crippen LogP contribution in [0.2, 0.25) is 0 Å². The molecule has 7 nitrogen and oxygen atoms in total. The number of rotatable bonds is 3. The number of hydrogen-bond acceptors (Lipinski definition) is 4. The first-order chi connectivity index (χ1) is 9.04. The molecule has 0 saturated carbocycles. The van der Waals surface area contributed by atoms with Crippen LogP contribution in [0, 0.1) is 0 Å². The Balaban J connectivity index is 2.76. The Morgan fingerprint density at radius 3 is 2.63 bits per heavy atom. The minimum absolute atomic E-state index is 0.341. The fourth-order valence-corrected chi connectivity index (χ4v) is 1.63. The SMILES string of the molecule is COc1ccccc1-n1cc(C(=O)O)c(=O)[nH]c1=O. The highest BCUT2D eigenvalue weighted by Gasteiger charge is 2.14. The number of nitrogens with one attached hydrogen (secondary N) is 1. The van der Waals surface area contributed by atoms with Crippen LogP contribution in [0.3, 0.4) is 0 Å². The zero-order valence-corrected chi connectivity index (χ0v) is 9.91. The molecule has 1 aromatic carbocycles. The van der Waals surface area contributed by atoms with Crippen LogP contribution < -0.4 is 16.0 Å². The first-order valence-electron chi connectivity index (χ1n) is 5.27. The zero-order chi connectivity index (χ0) is 14.0. The second kappa shape index (κ2) is 4.81. The summed E-state index contributed by atoms with van der Waals surface area (Å²) in [6, 6.07) is 6.56. The standard InChI is InChI=1S/C12H10N2O5/c1-19-9-5-3-2-4-8(9)14-6-7(11(16)17)10(15)13-12(14)18/h2-6H,1H3,(H,16,17)(H,13,15,18). The lowest BCUT2D eigenvalue weighted by Crippen LogP contribution is -2.32. The van der Waals surface area contributed by atoms with E-state index in [4.69, 9.17) is 9.84 Å². The van der Waals surface area contributed by atoms with Gasteiger partial charge < -0.3 is 9.84 Å². The van der Waals surface area contributed by atoms with Gasteiger partial charge in [-0.2, -0.15) is 0 Å². The molecule has 1 heterocycles. The van der Waals surface area contributed by atoms with E-state index in [0.29, 0.717) is 11.4 Å². The Morgan fingerprint density at radius 2 is 2.00 bits per heavy atom. The van der Waals surface area contributed by atoms with Crippen LogP contribution in [-0.2, 0) is 0 Å². The number of aromatic amines is 1. The Kier molecular flexibility index (Phi) is 3.19.